The van der Waals surface area contributed by atoms with E-state index in [4.69, 9.17) is 39.5 Å². The molecule has 23 heavy (non-hydrogen) atoms. The molecule has 0 saturated heterocycles. The van der Waals surface area contributed by atoms with E-state index in [0.29, 0.717) is 6.07 Å². The van der Waals surface area contributed by atoms with Crippen LogP contribution in [-0.4, -0.2) is 5.97 Å². The maximum atomic E-state index is 13.6. The highest BCUT2D eigenvalue weighted by atomic mass is 35.5. The van der Waals surface area contributed by atoms with Gasteiger partial charge >= 0.3 is 5.97 Å². The predicted molar refractivity (Wildman–Crippen MR) is 81.7 cm³/mol. The van der Waals surface area contributed by atoms with Crippen LogP contribution in [0.2, 0.25) is 5.02 Å². The molecule has 1 fully saturated rings. The van der Waals surface area contributed by atoms with Crippen LogP contribution in [0, 0.1) is 34.7 Å². The first-order valence-electron chi connectivity index (χ1n) is 6.58. The number of hydrogen-bond acceptors (Lipinski definition) is 2. The van der Waals surface area contributed by atoms with Crippen molar-refractivity contribution >= 4 is 40.8 Å². The van der Waals surface area contributed by atoms with Gasteiger partial charge in [-0.3, -0.25) is 4.79 Å². The number of ether oxygens (including phenoxy) is 1. The molecular weight excluding hydrogens is 376 g/mol. The number of rotatable bonds is 4. The van der Waals surface area contributed by atoms with Crippen molar-refractivity contribution in [3.8, 4) is 0 Å². The molecule has 1 aliphatic carbocycles. The summed E-state index contributed by atoms with van der Waals surface area (Å²) in [6.07, 6.45) is 1.52. The number of carbonyl (C=O) groups excluding carboxylic acids is 1. The highest BCUT2D eigenvalue weighted by Gasteiger charge is 2.61. The number of carbonyl (C=O) groups is 1. The summed E-state index contributed by atoms with van der Waals surface area (Å²) in [7, 11) is 0. The van der Waals surface area contributed by atoms with Crippen molar-refractivity contribution in [3.05, 3.63) is 44.7 Å². The molecule has 0 unspecified atom stereocenters. The second kappa shape index (κ2) is 6.54. The Balaban J connectivity index is 2.11. The van der Waals surface area contributed by atoms with Crippen LogP contribution in [0.25, 0.3) is 0 Å². The summed E-state index contributed by atoms with van der Waals surface area (Å²) in [4.78, 5) is 12.1. The smallest absolute Gasteiger partial charge is 0.310 e. The molecular formula is C15H12Cl3F3O2. The van der Waals surface area contributed by atoms with Crippen LogP contribution in [0.15, 0.2) is 16.6 Å². The van der Waals surface area contributed by atoms with E-state index >= 15 is 0 Å². The van der Waals surface area contributed by atoms with Gasteiger partial charge in [0, 0.05) is 11.6 Å². The summed E-state index contributed by atoms with van der Waals surface area (Å²) in [5.74, 6) is -5.29. The van der Waals surface area contributed by atoms with E-state index in [1.807, 2.05) is 13.8 Å². The van der Waals surface area contributed by atoms with Crippen LogP contribution >= 0.6 is 34.8 Å². The Labute approximate surface area is 146 Å². The van der Waals surface area contributed by atoms with Crippen LogP contribution in [-0.2, 0) is 16.1 Å². The lowest BCUT2D eigenvalue weighted by Gasteiger charge is -2.09. The molecule has 0 amide bonds. The topological polar surface area (TPSA) is 26.3 Å². The number of esters is 1. The normalized spacial score (nSPS) is 21.7. The van der Waals surface area contributed by atoms with Gasteiger partial charge in [-0.05, 0) is 17.4 Å². The molecule has 8 heteroatoms. The van der Waals surface area contributed by atoms with Crippen molar-refractivity contribution in [2.45, 2.75) is 20.5 Å². The van der Waals surface area contributed by atoms with Crippen LogP contribution in [0.3, 0.4) is 0 Å². The summed E-state index contributed by atoms with van der Waals surface area (Å²) in [6.45, 7) is 2.95. The van der Waals surface area contributed by atoms with Crippen molar-refractivity contribution in [2.24, 2.45) is 17.3 Å². The first kappa shape index (κ1) is 18.4. The molecule has 1 saturated carbocycles. The van der Waals surface area contributed by atoms with Crippen molar-refractivity contribution in [1.82, 2.24) is 0 Å². The highest BCUT2D eigenvalue weighted by molar-refractivity contribution is 6.55. The lowest BCUT2D eigenvalue weighted by atomic mass is 10.1. The number of allylic oxidation sites excluding steroid dienone is 1. The van der Waals surface area contributed by atoms with Gasteiger partial charge in [-0.15, -0.1) is 0 Å². The monoisotopic (exact) mass is 386 g/mol. The summed E-state index contributed by atoms with van der Waals surface area (Å²) in [5, 5.41) is -0.619. The zero-order chi connectivity index (χ0) is 17.5. The molecule has 0 aromatic heterocycles. The van der Waals surface area contributed by atoms with Gasteiger partial charge in [0.05, 0.1) is 10.9 Å². The van der Waals surface area contributed by atoms with Gasteiger partial charge in [-0.1, -0.05) is 48.7 Å². The molecule has 0 aliphatic heterocycles. The summed E-state index contributed by atoms with van der Waals surface area (Å²) in [5.41, 5.74) is -0.972. The van der Waals surface area contributed by atoms with Crippen molar-refractivity contribution < 1.29 is 22.7 Å². The average Bonchev–Trinajstić information content (AvgIpc) is 2.96. The summed E-state index contributed by atoms with van der Waals surface area (Å²) in [6, 6.07) is 0.330. The quantitative estimate of drug-likeness (QED) is 0.511. The van der Waals surface area contributed by atoms with Crippen molar-refractivity contribution in [3.63, 3.8) is 0 Å². The third-order valence-corrected chi connectivity index (χ3v) is 4.69. The fraction of sp³-hybridized carbons (Fsp3) is 0.400. The van der Waals surface area contributed by atoms with E-state index in [1.165, 1.54) is 6.08 Å². The lowest BCUT2D eigenvalue weighted by Crippen LogP contribution is -2.12. The maximum Gasteiger partial charge on any atom is 0.310 e. The van der Waals surface area contributed by atoms with Gasteiger partial charge < -0.3 is 4.74 Å². The fourth-order valence-corrected chi connectivity index (χ4v) is 3.02. The Bertz CT molecular complexity index is 659. The van der Waals surface area contributed by atoms with Gasteiger partial charge in [0.15, 0.2) is 11.6 Å². The molecule has 126 valence electrons. The number of hydrogen-bond donors (Lipinski definition) is 0. The molecule has 2 atom stereocenters. The fourth-order valence-electron chi connectivity index (χ4n) is 2.56. The third kappa shape index (κ3) is 3.62. The van der Waals surface area contributed by atoms with Crippen LogP contribution in [0.1, 0.15) is 19.4 Å². The Kier molecular flexibility index (Phi) is 5.24. The molecule has 0 spiro atoms. The highest BCUT2D eigenvalue weighted by Crippen LogP contribution is 2.60. The molecule has 1 aromatic rings. The molecule has 1 aliphatic rings. The van der Waals surface area contributed by atoms with Gasteiger partial charge in [0.2, 0.25) is 0 Å². The Morgan fingerprint density at radius 3 is 2.48 bits per heavy atom. The molecule has 1 aromatic carbocycles. The molecule has 0 N–H and O–H groups in total. The van der Waals surface area contributed by atoms with E-state index in [1.54, 1.807) is 0 Å². The largest absolute Gasteiger partial charge is 0.460 e. The summed E-state index contributed by atoms with van der Waals surface area (Å²) < 4.78 is 45.2. The van der Waals surface area contributed by atoms with Crippen molar-refractivity contribution in [2.75, 3.05) is 0 Å². The van der Waals surface area contributed by atoms with Crippen molar-refractivity contribution in [1.29, 1.82) is 0 Å². The second-order valence-corrected chi connectivity index (χ2v) is 7.22. The minimum atomic E-state index is -1.40. The molecule has 0 heterocycles. The molecule has 0 radical (unpaired) electrons. The Hall–Kier alpha value is -0.910. The van der Waals surface area contributed by atoms with E-state index < -0.39 is 51.9 Å². The number of benzene rings is 1. The molecule has 0 bridgehead atoms. The van der Waals surface area contributed by atoms with Gasteiger partial charge in [-0.2, -0.15) is 0 Å². The third-order valence-electron chi connectivity index (χ3n) is 4.03. The minimum absolute atomic E-state index is 0.0275. The lowest BCUT2D eigenvalue weighted by molar-refractivity contribution is -0.147. The van der Waals surface area contributed by atoms with Gasteiger partial charge in [0.1, 0.15) is 16.9 Å². The average molecular weight is 388 g/mol. The first-order chi connectivity index (χ1) is 10.6. The van der Waals surface area contributed by atoms with Crippen LogP contribution < -0.4 is 0 Å². The molecule has 2 rings (SSSR count). The van der Waals surface area contributed by atoms with E-state index in [9.17, 15) is 18.0 Å². The Morgan fingerprint density at radius 1 is 1.30 bits per heavy atom. The maximum absolute atomic E-state index is 13.6. The van der Waals surface area contributed by atoms with Crippen LogP contribution in [0.5, 0.6) is 0 Å². The van der Waals surface area contributed by atoms with E-state index in [-0.39, 0.29) is 10.4 Å². The molecule has 2 nitrogen and oxygen atoms in total. The van der Waals surface area contributed by atoms with Gasteiger partial charge in [-0.25, -0.2) is 13.2 Å². The minimum Gasteiger partial charge on any atom is -0.460 e. The van der Waals surface area contributed by atoms with Crippen LogP contribution in [0.4, 0.5) is 13.2 Å². The zero-order valence-corrected chi connectivity index (χ0v) is 14.4. The second-order valence-electron chi connectivity index (χ2n) is 5.84. The number of halogens is 6. The van der Waals surface area contributed by atoms with E-state index in [0.717, 1.165) is 0 Å². The standard InChI is InChI=1S/C15H12Cl3F3O2/c1-15(2)7(3-10(16)17)11(15)14(22)23-5-6-12(18)8(19)4-9(20)13(6)21/h3-4,7,11H,5H2,1-2H3/t7-,11+/m0/s1. The predicted octanol–water partition coefficient (Wildman–Crippen LogP) is 5.39. The Morgan fingerprint density at radius 2 is 1.91 bits per heavy atom. The van der Waals surface area contributed by atoms with Gasteiger partial charge in [0.25, 0.3) is 0 Å². The van der Waals surface area contributed by atoms with E-state index in [2.05, 4.69) is 0 Å². The summed E-state index contributed by atoms with van der Waals surface area (Å²) >= 11 is 16.8. The SMILES string of the molecule is CC1(C)[C@@H](C=C(Cl)Cl)[C@@H]1C(=O)OCc1c(F)c(F)cc(F)c1Cl. The zero-order valence-electron chi connectivity index (χ0n) is 12.1. The first-order valence-corrected chi connectivity index (χ1v) is 7.72.